The second kappa shape index (κ2) is 5.34. The number of carbonyl (C=O) groups excluding carboxylic acids is 1. The summed E-state index contributed by atoms with van der Waals surface area (Å²) in [6.07, 6.45) is 4.50. The van der Waals surface area contributed by atoms with Crippen LogP contribution in [0.4, 0.5) is 0 Å². The van der Waals surface area contributed by atoms with Crippen molar-refractivity contribution in [3.8, 4) is 5.75 Å². The average molecular weight is 286 g/mol. The molecule has 5 rings (SSSR count). The van der Waals surface area contributed by atoms with Crippen molar-refractivity contribution in [2.24, 2.45) is 5.92 Å². The topological polar surface area (TPSA) is 41.6 Å². The van der Waals surface area contributed by atoms with Gasteiger partial charge in [0.1, 0.15) is 5.75 Å². The third kappa shape index (κ3) is 2.53. The number of nitrogens with one attached hydrogen (secondary N) is 1. The molecule has 0 saturated carbocycles. The lowest BCUT2D eigenvalue weighted by atomic mass is 9.84. The molecule has 4 aliphatic heterocycles. The number of hydrogen-bond donors (Lipinski definition) is 1. The third-order valence-electron chi connectivity index (χ3n) is 5.14. The van der Waals surface area contributed by atoms with Gasteiger partial charge in [0, 0.05) is 18.2 Å². The lowest BCUT2D eigenvalue weighted by Crippen LogP contribution is -2.57. The van der Waals surface area contributed by atoms with Crippen molar-refractivity contribution in [2.45, 2.75) is 31.7 Å². The normalized spacial score (nSPS) is 30.4. The average Bonchev–Trinajstić information content (AvgIpc) is 2.55. The summed E-state index contributed by atoms with van der Waals surface area (Å²) in [5.41, 5.74) is 1.94. The van der Waals surface area contributed by atoms with Crippen LogP contribution in [0.15, 0.2) is 18.2 Å². The number of hydrogen-bond acceptors (Lipinski definition) is 3. The number of nitrogens with zero attached hydrogens (tertiary/aromatic N) is 1. The number of ether oxygens (including phenoxy) is 1. The largest absolute Gasteiger partial charge is 0.493 e. The zero-order chi connectivity index (χ0) is 14.2. The number of fused-ring (bicyclic) bond motifs is 4. The van der Waals surface area contributed by atoms with E-state index in [9.17, 15) is 4.79 Å². The Kier molecular flexibility index (Phi) is 3.34. The van der Waals surface area contributed by atoms with Gasteiger partial charge in [-0.05, 0) is 68.5 Å². The minimum Gasteiger partial charge on any atom is -0.493 e. The molecule has 112 valence electrons. The number of aryl methyl sites for hydroxylation is 1. The fourth-order valence-electron chi connectivity index (χ4n) is 3.88. The second-order valence-electron chi connectivity index (χ2n) is 6.49. The summed E-state index contributed by atoms with van der Waals surface area (Å²) >= 11 is 0. The van der Waals surface area contributed by atoms with Gasteiger partial charge < -0.3 is 15.0 Å². The Bertz CT molecular complexity index is 550. The lowest BCUT2D eigenvalue weighted by molar-refractivity contribution is 0.0620. The zero-order valence-corrected chi connectivity index (χ0v) is 12.3. The molecule has 1 aromatic carbocycles. The van der Waals surface area contributed by atoms with Crippen LogP contribution in [0.1, 0.15) is 35.2 Å². The van der Waals surface area contributed by atoms with Gasteiger partial charge in [0.2, 0.25) is 0 Å². The Morgan fingerprint density at radius 1 is 1.29 bits per heavy atom. The number of amides is 1. The Labute approximate surface area is 125 Å². The first-order chi connectivity index (χ1) is 10.3. The Balaban J connectivity index is 1.47. The number of benzene rings is 1. The number of rotatable bonds is 2. The van der Waals surface area contributed by atoms with E-state index in [2.05, 4.69) is 10.2 Å². The van der Waals surface area contributed by atoms with E-state index in [0.29, 0.717) is 12.0 Å². The van der Waals surface area contributed by atoms with Gasteiger partial charge in [0.15, 0.2) is 0 Å². The third-order valence-corrected chi connectivity index (χ3v) is 5.14. The first-order valence-corrected chi connectivity index (χ1v) is 8.08. The summed E-state index contributed by atoms with van der Waals surface area (Å²) in [7, 11) is 0. The van der Waals surface area contributed by atoms with Crippen molar-refractivity contribution in [3.05, 3.63) is 29.3 Å². The van der Waals surface area contributed by atoms with Crippen LogP contribution < -0.4 is 10.1 Å². The van der Waals surface area contributed by atoms with Crippen LogP contribution in [0.3, 0.4) is 0 Å². The van der Waals surface area contributed by atoms with Crippen LogP contribution in [0, 0.1) is 5.92 Å². The molecule has 1 N–H and O–H groups in total. The highest BCUT2D eigenvalue weighted by Crippen LogP contribution is 2.28. The molecule has 4 nitrogen and oxygen atoms in total. The van der Waals surface area contributed by atoms with Crippen molar-refractivity contribution >= 4 is 5.91 Å². The van der Waals surface area contributed by atoms with Gasteiger partial charge in [0.25, 0.3) is 5.91 Å². The maximum absolute atomic E-state index is 12.5. The van der Waals surface area contributed by atoms with E-state index >= 15 is 0 Å². The highest BCUT2D eigenvalue weighted by atomic mass is 16.5. The van der Waals surface area contributed by atoms with Gasteiger partial charge >= 0.3 is 0 Å². The van der Waals surface area contributed by atoms with E-state index in [-0.39, 0.29) is 5.91 Å². The van der Waals surface area contributed by atoms with E-state index < -0.39 is 0 Å². The smallest absolute Gasteiger partial charge is 0.251 e. The molecule has 0 aliphatic carbocycles. The minimum atomic E-state index is 0.0714. The van der Waals surface area contributed by atoms with Gasteiger partial charge in [-0.25, -0.2) is 0 Å². The molecular weight excluding hydrogens is 264 g/mol. The monoisotopic (exact) mass is 286 g/mol. The van der Waals surface area contributed by atoms with Gasteiger partial charge in [-0.3, -0.25) is 4.79 Å². The van der Waals surface area contributed by atoms with Crippen molar-refractivity contribution in [3.63, 3.8) is 0 Å². The number of piperidine rings is 3. The van der Waals surface area contributed by atoms with E-state index in [0.717, 1.165) is 37.3 Å². The molecular formula is C17H22N2O2. The van der Waals surface area contributed by atoms with Crippen LogP contribution in [-0.2, 0) is 6.42 Å². The fourth-order valence-corrected chi connectivity index (χ4v) is 3.88. The van der Waals surface area contributed by atoms with Gasteiger partial charge in [-0.2, -0.15) is 0 Å². The molecule has 1 atom stereocenters. The van der Waals surface area contributed by atoms with Gasteiger partial charge in [0.05, 0.1) is 6.61 Å². The zero-order valence-electron chi connectivity index (χ0n) is 12.3. The highest BCUT2D eigenvalue weighted by Gasteiger charge is 2.35. The van der Waals surface area contributed by atoms with E-state index in [1.165, 1.54) is 31.5 Å². The molecule has 21 heavy (non-hydrogen) atoms. The minimum absolute atomic E-state index is 0.0714. The predicted octanol–water partition coefficient (Wildman–Crippen LogP) is 1.84. The maximum atomic E-state index is 12.5. The summed E-state index contributed by atoms with van der Waals surface area (Å²) < 4.78 is 5.61. The summed E-state index contributed by atoms with van der Waals surface area (Å²) in [4.78, 5) is 15.0. The summed E-state index contributed by atoms with van der Waals surface area (Å²) in [5, 5.41) is 3.25. The standard InChI is InChI=1S/C17H22N2O2/c20-17(18-15-11-19-7-5-12(15)6-8-19)14-3-4-16-13(10-14)2-1-9-21-16/h3-4,10,12,15H,1-2,5-9,11H2,(H,18,20)/t15-/m0/s1. The van der Waals surface area contributed by atoms with E-state index in [4.69, 9.17) is 4.74 Å². The molecule has 1 aromatic rings. The van der Waals surface area contributed by atoms with Crippen LogP contribution >= 0.6 is 0 Å². The molecule has 3 saturated heterocycles. The summed E-state index contributed by atoms with van der Waals surface area (Å²) in [6.45, 7) is 4.21. The highest BCUT2D eigenvalue weighted by molar-refractivity contribution is 5.94. The molecule has 2 bridgehead atoms. The first kappa shape index (κ1) is 13.1. The molecule has 4 heteroatoms. The molecule has 0 aromatic heterocycles. The van der Waals surface area contributed by atoms with Crippen LogP contribution in [0.2, 0.25) is 0 Å². The molecule has 0 radical (unpaired) electrons. The van der Waals surface area contributed by atoms with Crippen molar-refractivity contribution in [1.82, 2.24) is 10.2 Å². The van der Waals surface area contributed by atoms with Crippen LogP contribution in [-0.4, -0.2) is 43.1 Å². The molecule has 1 amide bonds. The fraction of sp³-hybridized carbons (Fsp3) is 0.588. The number of carbonyl (C=O) groups is 1. The van der Waals surface area contributed by atoms with E-state index in [1.54, 1.807) is 0 Å². The summed E-state index contributed by atoms with van der Waals surface area (Å²) in [5.74, 6) is 1.68. The lowest BCUT2D eigenvalue weighted by Gasteiger charge is -2.44. The van der Waals surface area contributed by atoms with E-state index in [1.807, 2.05) is 18.2 Å². The molecule has 4 heterocycles. The maximum Gasteiger partial charge on any atom is 0.251 e. The SMILES string of the molecule is O=C(N[C@H]1CN2CCC1CC2)c1ccc2c(c1)CCCO2. The molecule has 0 unspecified atom stereocenters. The summed E-state index contributed by atoms with van der Waals surface area (Å²) in [6, 6.07) is 6.17. The Hall–Kier alpha value is -1.55. The quantitative estimate of drug-likeness (QED) is 0.902. The molecule has 0 spiro atoms. The van der Waals surface area contributed by atoms with Crippen molar-refractivity contribution in [2.75, 3.05) is 26.2 Å². The van der Waals surface area contributed by atoms with Crippen molar-refractivity contribution in [1.29, 1.82) is 0 Å². The Morgan fingerprint density at radius 3 is 2.90 bits per heavy atom. The van der Waals surface area contributed by atoms with Crippen LogP contribution in [0.25, 0.3) is 0 Å². The molecule has 4 aliphatic rings. The van der Waals surface area contributed by atoms with Crippen molar-refractivity contribution < 1.29 is 9.53 Å². The molecule has 3 fully saturated rings. The van der Waals surface area contributed by atoms with Crippen LogP contribution in [0.5, 0.6) is 5.75 Å². The van der Waals surface area contributed by atoms with Gasteiger partial charge in [-0.15, -0.1) is 0 Å². The second-order valence-corrected chi connectivity index (χ2v) is 6.49. The Morgan fingerprint density at radius 2 is 2.14 bits per heavy atom. The first-order valence-electron chi connectivity index (χ1n) is 8.08. The predicted molar refractivity (Wildman–Crippen MR) is 80.7 cm³/mol. The van der Waals surface area contributed by atoms with Gasteiger partial charge in [-0.1, -0.05) is 0 Å².